The van der Waals surface area contributed by atoms with Crippen molar-refractivity contribution in [1.29, 1.82) is 0 Å². The number of anilines is 1. The fraction of sp³-hybridized carbons (Fsp3) is 0.400. The van der Waals surface area contributed by atoms with E-state index in [1.54, 1.807) is 30.3 Å². The molecule has 0 bridgehead atoms. The molecule has 0 spiro atoms. The maximum Gasteiger partial charge on any atom is 0.255 e. The lowest BCUT2D eigenvalue weighted by molar-refractivity contribution is -0.136. The summed E-state index contributed by atoms with van der Waals surface area (Å²) < 4.78 is 31.4. The van der Waals surface area contributed by atoms with E-state index in [1.165, 1.54) is 0 Å². The molecule has 0 saturated carbocycles. The lowest BCUT2D eigenvalue weighted by Gasteiger charge is -2.29. The molecule has 2 fully saturated rings. The van der Waals surface area contributed by atoms with Gasteiger partial charge in [0.25, 0.3) is 5.91 Å². The van der Waals surface area contributed by atoms with Crippen LogP contribution in [0.2, 0.25) is 0 Å². The summed E-state index contributed by atoms with van der Waals surface area (Å²) in [5, 5.41) is 5.08. The number of rotatable bonds is 6. The van der Waals surface area contributed by atoms with Crippen molar-refractivity contribution < 1.29 is 23.2 Å². The summed E-state index contributed by atoms with van der Waals surface area (Å²) in [5.74, 6) is -1.76. The monoisotopic (exact) mass is 451 g/mol. The predicted octanol–water partition coefficient (Wildman–Crippen LogP) is 1.89. The fourth-order valence-electron chi connectivity index (χ4n) is 4.38. The minimum Gasteiger partial charge on any atom is -0.381 e. The Balaban J connectivity index is 1.33. The zero-order chi connectivity index (χ0) is 25.5. The normalized spacial score (nSPS) is 25.2. The number of imide groups is 1. The van der Waals surface area contributed by atoms with Crippen LogP contribution in [0.4, 0.5) is 5.69 Å². The summed E-state index contributed by atoms with van der Waals surface area (Å²) in [6, 6.07) is 10.4. The number of hydrogen-bond acceptors (Lipinski definition) is 6. The van der Waals surface area contributed by atoms with Crippen molar-refractivity contribution in [3.8, 4) is 0 Å². The maximum absolute atomic E-state index is 13.1. The smallest absolute Gasteiger partial charge is 0.255 e. The number of nitrogens with one attached hydrogen (secondary N) is 2. The standard InChI is InChI=1S/C25H28N4O4/c30-23-9-8-22(24(31)27-23)29-16-20-19(25(29)32)2-1-3-21(20)26-14-17-4-6-18(7-5-17)15-28-10-12-33-13-11-28/h1-7,22,26H,8-16H2,(H,27,30,31)/t22-/m0/s1/i14D2,22D. The van der Waals surface area contributed by atoms with Crippen molar-refractivity contribution in [2.75, 3.05) is 31.6 Å². The zero-order valence-electron chi connectivity index (χ0n) is 21.2. The molecule has 3 amide bonds. The Labute approximate surface area is 197 Å². The van der Waals surface area contributed by atoms with E-state index in [-0.39, 0.29) is 19.4 Å². The number of ether oxygens (including phenoxy) is 1. The summed E-state index contributed by atoms with van der Waals surface area (Å²) in [6.45, 7) is 1.99. The third-order valence-corrected chi connectivity index (χ3v) is 6.20. The van der Waals surface area contributed by atoms with E-state index in [4.69, 9.17) is 8.85 Å². The average Bonchev–Trinajstić information content (AvgIpc) is 3.21. The summed E-state index contributed by atoms with van der Waals surface area (Å²) in [5.41, 5.74) is 2.78. The first-order valence-corrected chi connectivity index (χ1v) is 11.1. The highest BCUT2D eigenvalue weighted by Crippen LogP contribution is 2.32. The van der Waals surface area contributed by atoms with Crippen molar-refractivity contribution in [2.24, 2.45) is 0 Å². The molecular formula is C25H28N4O4. The molecule has 2 saturated heterocycles. The van der Waals surface area contributed by atoms with E-state index in [2.05, 4.69) is 15.5 Å². The van der Waals surface area contributed by atoms with Crippen LogP contribution in [0.25, 0.3) is 0 Å². The number of benzene rings is 2. The van der Waals surface area contributed by atoms with Crippen LogP contribution in [0.1, 0.15) is 44.0 Å². The Kier molecular flexibility index (Phi) is 5.15. The number of fused-ring (bicyclic) bond motifs is 1. The number of morpholine rings is 1. The zero-order valence-corrected chi connectivity index (χ0v) is 18.2. The molecule has 2 aromatic carbocycles. The third-order valence-electron chi connectivity index (χ3n) is 6.20. The van der Waals surface area contributed by atoms with Gasteiger partial charge in [0, 0.05) is 55.9 Å². The predicted molar refractivity (Wildman–Crippen MR) is 122 cm³/mol. The maximum atomic E-state index is 13.1. The van der Waals surface area contributed by atoms with E-state index in [1.807, 2.05) is 12.1 Å². The van der Waals surface area contributed by atoms with Crippen LogP contribution < -0.4 is 10.6 Å². The molecule has 0 aliphatic carbocycles. The van der Waals surface area contributed by atoms with Gasteiger partial charge in [0.1, 0.15) is 6.02 Å². The van der Waals surface area contributed by atoms with E-state index in [9.17, 15) is 14.4 Å². The lowest BCUT2D eigenvalue weighted by atomic mass is 10.0. The van der Waals surface area contributed by atoms with Crippen LogP contribution in [-0.4, -0.2) is 59.8 Å². The lowest BCUT2D eigenvalue weighted by Crippen LogP contribution is -2.52. The number of piperidine rings is 1. The minimum atomic E-state index is -1.93. The molecule has 0 unspecified atom stereocenters. The molecular weight excluding hydrogens is 420 g/mol. The Morgan fingerprint density at radius 1 is 1.09 bits per heavy atom. The molecule has 0 radical (unpaired) electrons. The van der Waals surface area contributed by atoms with Gasteiger partial charge in [-0.1, -0.05) is 30.3 Å². The highest BCUT2D eigenvalue weighted by Gasteiger charge is 2.39. The molecule has 3 aliphatic heterocycles. The van der Waals surface area contributed by atoms with E-state index in [0.29, 0.717) is 22.4 Å². The highest BCUT2D eigenvalue weighted by atomic mass is 16.5. The summed E-state index contributed by atoms with van der Waals surface area (Å²) in [7, 11) is 0. The van der Waals surface area contributed by atoms with E-state index < -0.39 is 30.2 Å². The molecule has 2 N–H and O–H groups in total. The Hall–Kier alpha value is -3.23. The van der Waals surface area contributed by atoms with Crippen LogP contribution in [0.3, 0.4) is 0 Å². The summed E-state index contributed by atoms with van der Waals surface area (Å²) in [6.07, 6.45) is -0.109. The van der Waals surface area contributed by atoms with Gasteiger partial charge in [-0.2, -0.15) is 0 Å². The summed E-state index contributed by atoms with van der Waals surface area (Å²) in [4.78, 5) is 40.6. The van der Waals surface area contributed by atoms with Crippen LogP contribution in [-0.2, 0) is 33.9 Å². The molecule has 3 heterocycles. The molecule has 33 heavy (non-hydrogen) atoms. The molecule has 1 atom stereocenters. The van der Waals surface area contributed by atoms with Crippen molar-refractivity contribution in [2.45, 2.75) is 38.4 Å². The second kappa shape index (κ2) is 9.33. The van der Waals surface area contributed by atoms with Crippen molar-refractivity contribution in [1.82, 2.24) is 15.1 Å². The quantitative estimate of drug-likeness (QED) is 0.652. The van der Waals surface area contributed by atoms with Crippen LogP contribution in [0.15, 0.2) is 42.5 Å². The van der Waals surface area contributed by atoms with Gasteiger partial charge in [0.2, 0.25) is 11.8 Å². The van der Waals surface area contributed by atoms with Crippen molar-refractivity contribution >= 4 is 23.4 Å². The Morgan fingerprint density at radius 3 is 2.61 bits per heavy atom. The first kappa shape index (κ1) is 18.2. The SMILES string of the molecule is [2H]C([2H])(Nc1cccc2c1CN([C@@]1([2H])CCC(=O)NC1=O)C2=O)c1ccc(CN2CCOCC2)cc1. The second-order valence-electron chi connectivity index (χ2n) is 8.38. The number of carbonyl (C=O) groups is 3. The fourth-order valence-corrected chi connectivity index (χ4v) is 4.38. The van der Waals surface area contributed by atoms with Gasteiger partial charge in [-0.15, -0.1) is 0 Å². The van der Waals surface area contributed by atoms with Gasteiger partial charge in [0.05, 0.1) is 17.3 Å². The van der Waals surface area contributed by atoms with Crippen molar-refractivity contribution in [3.63, 3.8) is 0 Å². The van der Waals surface area contributed by atoms with Gasteiger partial charge < -0.3 is 15.0 Å². The highest BCUT2D eigenvalue weighted by molar-refractivity contribution is 6.06. The van der Waals surface area contributed by atoms with Crippen LogP contribution >= 0.6 is 0 Å². The van der Waals surface area contributed by atoms with Crippen molar-refractivity contribution in [3.05, 3.63) is 64.7 Å². The molecule has 8 nitrogen and oxygen atoms in total. The second-order valence-corrected chi connectivity index (χ2v) is 8.38. The Bertz CT molecular complexity index is 1200. The topological polar surface area (TPSA) is 91.0 Å². The number of carbonyl (C=O) groups excluding carboxylic acids is 3. The molecule has 8 heteroatoms. The number of hydrogen-bond donors (Lipinski definition) is 2. The van der Waals surface area contributed by atoms with E-state index in [0.717, 1.165) is 43.3 Å². The van der Waals surface area contributed by atoms with Gasteiger partial charge >= 0.3 is 0 Å². The van der Waals surface area contributed by atoms with Gasteiger partial charge in [0.15, 0.2) is 0 Å². The van der Waals surface area contributed by atoms with Gasteiger partial charge in [-0.3, -0.25) is 24.6 Å². The van der Waals surface area contributed by atoms with Gasteiger partial charge in [-0.05, 0) is 29.7 Å². The third kappa shape index (κ3) is 4.62. The molecule has 172 valence electrons. The molecule has 0 aromatic heterocycles. The number of amides is 3. The first-order chi connectivity index (χ1) is 17.2. The first-order valence-electron chi connectivity index (χ1n) is 12.6. The largest absolute Gasteiger partial charge is 0.381 e. The van der Waals surface area contributed by atoms with E-state index >= 15 is 0 Å². The Morgan fingerprint density at radius 2 is 1.85 bits per heavy atom. The molecule has 3 aliphatic rings. The minimum absolute atomic E-state index is 0.0233. The summed E-state index contributed by atoms with van der Waals surface area (Å²) >= 11 is 0. The van der Waals surface area contributed by atoms with Crippen LogP contribution in [0.5, 0.6) is 0 Å². The number of nitrogens with zero attached hydrogens (tertiary/aromatic N) is 2. The van der Waals surface area contributed by atoms with Crippen LogP contribution in [0, 0.1) is 0 Å². The molecule has 2 aromatic rings. The molecule has 5 rings (SSSR count). The van der Waals surface area contributed by atoms with Gasteiger partial charge in [-0.25, -0.2) is 0 Å². The average molecular weight is 452 g/mol.